The molecule has 2 aromatic rings. The van der Waals surface area contributed by atoms with E-state index in [9.17, 15) is 16.8 Å². The van der Waals surface area contributed by atoms with E-state index in [-0.39, 0.29) is 60.2 Å². The SMILES string of the molecule is [C-]#[N+]c1ccccc1S(=O)(=O)N1CCC2(CC1)OCCN2S(=O)(=O)c1ccccc1[N+]#[C-]. The van der Waals surface area contributed by atoms with E-state index in [4.69, 9.17) is 17.9 Å². The van der Waals surface area contributed by atoms with Gasteiger partial charge < -0.3 is 4.74 Å². The summed E-state index contributed by atoms with van der Waals surface area (Å²) in [5.41, 5.74) is -1.09. The van der Waals surface area contributed by atoms with Crippen LogP contribution in [0.5, 0.6) is 0 Å². The first-order valence-corrected chi connectivity index (χ1v) is 12.7. The summed E-state index contributed by atoms with van der Waals surface area (Å²) in [4.78, 5) is 6.49. The molecule has 4 rings (SSSR count). The van der Waals surface area contributed by atoms with E-state index in [1.807, 2.05) is 0 Å². The number of para-hydroxylation sites is 2. The second-order valence-electron chi connectivity index (χ2n) is 7.43. The smallest absolute Gasteiger partial charge is 0.236 e. The number of benzene rings is 2. The van der Waals surface area contributed by atoms with Gasteiger partial charge in [0.2, 0.25) is 31.4 Å². The Morgan fingerprint density at radius 1 is 0.781 bits per heavy atom. The van der Waals surface area contributed by atoms with Crippen LogP contribution in [0, 0.1) is 13.1 Å². The molecule has 2 fully saturated rings. The largest absolute Gasteiger partial charge is 0.358 e. The van der Waals surface area contributed by atoms with Gasteiger partial charge in [-0.05, 0) is 0 Å². The molecule has 32 heavy (non-hydrogen) atoms. The fourth-order valence-electron chi connectivity index (χ4n) is 4.20. The number of hydrogen-bond donors (Lipinski definition) is 0. The molecule has 2 aliphatic rings. The maximum absolute atomic E-state index is 13.4. The summed E-state index contributed by atoms with van der Waals surface area (Å²) < 4.78 is 61.5. The Balaban J connectivity index is 1.61. The third-order valence-electron chi connectivity index (χ3n) is 5.78. The number of hydrogen-bond acceptors (Lipinski definition) is 5. The fraction of sp³-hybridized carbons (Fsp3) is 0.333. The third-order valence-corrected chi connectivity index (χ3v) is 9.72. The zero-order chi connectivity index (χ0) is 23.0. The minimum atomic E-state index is -4.02. The molecule has 2 aliphatic heterocycles. The molecule has 0 saturated carbocycles. The van der Waals surface area contributed by atoms with Crippen LogP contribution in [0.2, 0.25) is 0 Å². The van der Waals surface area contributed by atoms with Crippen LogP contribution in [-0.4, -0.2) is 57.4 Å². The Morgan fingerprint density at radius 3 is 1.81 bits per heavy atom. The summed E-state index contributed by atoms with van der Waals surface area (Å²) in [7, 11) is -7.93. The quantitative estimate of drug-likeness (QED) is 0.638. The molecule has 0 N–H and O–H groups in total. The van der Waals surface area contributed by atoms with Gasteiger partial charge in [0.1, 0.15) is 5.72 Å². The number of rotatable bonds is 4. The second kappa shape index (κ2) is 8.28. The topological polar surface area (TPSA) is 92.7 Å². The Kier molecular flexibility index (Phi) is 5.79. The number of nitrogens with zero attached hydrogens (tertiary/aromatic N) is 4. The van der Waals surface area contributed by atoms with E-state index < -0.39 is 25.8 Å². The Bertz CT molecular complexity index is 1330. The highest BCUT2D eigenvalue weighted by Crippen LogP contribution is 2.41. The first-order chi connectivity index (χ1) is 15.3. The molecule has 0 radical (unpaired) electrons. The first kappa shape index (κ1) is 22.4. The Morgan fingerprint density at radius 2 is 1.28 bits per heavy atom. The molecule has 0 bridgehead atoms. The summed E-state index contributed by atoms with van der Waals surface area (Å²) in [6.45, 7) is 15.0. The highest BCUT2D eigenvalue weighted by molar-refractivity contribution is 7.89. The van der Waals surface area contributed by atoms with Gasteiger partial charge in [0.25, 0.3) is 0 Å². The van der Waals surface area contributed by atoms with Crippen LogP contribution in [0.4, 0.5) is 11.4 Å². The van der Waals surface area contributed by atoms with Crippen LogP contribution in [0.3, 0.4) is 0 Å². The molecule has 166 valence electrons. The summed E-state index contributed by atoms with van der Waals surface area (Å²) in [6, 6.07) is 12.0. The lowest BCUT2D eigenvalue weighted by atomic mass is 10.0. The predicted molar refractivity (Wildman–Crippen MR) is 116 cm³/mol. The summed E-state index contributed by atoms with van der Waals surface area (Å²) in [5.74, 6) is 0. The average molecular weight is 473 g/mol. The maximum Gasteiger partial charge on any atom is 0.236 e. The van der Waals surface area contributed by atoms with Crippen molar-refractivity contribution in [3.8, 4) is 0 Å². The van der Waals surface area contributed by atoms with E-state index in [0.29, 0.717) is 0 Å². The zero-order valence-electron chi connectivity index (χ0n) is 17.0. The van der Waals surface area contributed by atoms with Gasteiger partial charge in [-0.25, -0.2) is 26.5 Å². The molecule has 2 heterocycles. The van der Waals surface area contributed by atoms with Gasteiger partial charge in [-0.2, -0.15) is 8.61 Å². The maximum atomic E-state index is 13.4. The summed E-state index contributed by atoms with van der Waals surface area (Å²) in [5, 5.41) is 0. The molecule has 1 spiro atoms. The van der Waals surface area contributed by atoms with E-state index in [1.54, 1.807) is 24.3 Å². The van der Waals surface area contributed by atoms with Crippen molar-refractivity contribution in [3.05, 3.63) is 71.4 Å². The van der Waals surface area contributed by atoms with Crippen molar-refractivity contribution < 1.29 is 21.6 Å². The van der Waals surface area contributed by atoms with Crippen molar-refractivity contribution >= 4 is 31.4 Å². The molecule has 2 saturated heterocycles. The predicted octanol–water partition coefficient (Wildman–Crippen LogP) is 2.99. The molecule has 0 aromatic heterocycles. The van der Waals surface area contributed by atoms with Crippen molar-refractivity contribution in [2.24, 2.45) is 0 Å². The van der Waals surface area contributed by atoms with Gasteiger partial charge in [0, 0.05) is 32.5 Å². The van der Waals surface area contributed by atoms with Crippen molar-refractivity contribution in [2.75, 3.05) is 26.2 Å². The molecule has 0 aliphatic carbocycles. The van der Waals surface area contributed by atoms with Crippen LogP contribution in [0.25, 0.3) is 9.69 Å². The van der Waals surface area contributed by atoms with E-state index in [1.165, 1.54) is 32.9 Å². The lowest BCUT2D eigenvalue weighted by molar-refractivity contribution is -0.0806. The highest BCUT2D eigenvalue weighted by Gasteiger charge is 2.52. The third kappa shape index (κ3) is 3.58. The van der Waals surface area contributed by atoms with Crippen molar-refractivity contribution in [1.82, 2.24) is 8.61 Å². The van der Waals surface area contributed by atoms with Gasteiger partial charge in [-0.3, -0.25) is 0 Å². The molecule has 0 unspecified atom stereocenters. The molecular weight excluding hydrogens is 452 g/mol. The first-order valence-electron chi connectivity index (χ1n) is 9.86. The van der Waals surface area contributed by atoms with Gasteiger partial charge in [-0.1, -0.05) is 48.5 Å². The van der Waals surface area contributed by atoms with Gasteiger partial charge in [-0.15, -0.1) is 0 Å². The minimum Gasteiger partial charge on any atom is -0.358 e. The minimum absolute atomic E-state index is 0.0327. The molecule has 11 heteroatoms. The lowest BCUT2D eigenvalue weighted by Crippen LogP contribution is -2.55. The molecular formula is C21H20N4O5S2. The van der Waals surface area contributed by atoms with Crippen molar-refractivity contribution in [2.45, 2.75) is 28.4 Å². The van der Waals surface area contributed by atoms with E-state index >= 15 is 0 Å². The van der Waals surface area contributed by atoms with Crippen molar-refractivity contribution in [1.29, 1.82) is 0 Å². The average Bonchev–Trinajstić information content (AvgIpc) is 3.23. The van der Waals surface area contributed by atoms with E-state index in [2.05, 4.69) is 9.69 Å². The molecule has 9 nitrogen and oxygen atoms in total. The fourth-order valence-corrected chi connectivity index (χ4v) is 7.62. The molecule has 0 amide bonds. The van der Waals surface area contributed by atoms with Crippen LogP contribution >= 0.6 is 0 Å². The summed E-state index contributed by atoms with van der Waals surface area (Å²) in [6.07, 6.45) is 0.289. The number of piperidine rings is 1. The molecule has 0 atom stereocenters. The van der Waals surface area contributed by atoms with Gasteiger partial charge >= 0.3 is 0 Å². The van der Waals surface area contributed by atoms with Crippen molar-refractivity contribution in [3.63, 3.8) is 0 Å². The van der Waals surface area contributed by atoms with Crippen LogP contribution < -0.4 is 0 Å². The highest BCUT2D eigenvalue weighted by atomic mass is 32.2. The monoisotopic (exact) mass is 472 g/mol. The Labute approximate surface area is 187 Å². The van der Waals surface area contributed by atoms with Crippen LogP contribution in [0.15, 0.2) is 58.3 Å². The summed E-state index contributed by atoms with van der Waals surface area (Å²) >= 11 is 0. The van der Waals surface area contributed by atoms with E-state index in [0.717, 1.165) is 0 Å². The van der Waals surface area contributed by atoms with Gasteiger partial charge in [0.15, 0.2) is 0 Å². The molecule has 2 aromatic carbocycles. The number of ether oxygens (including phenoxy) is 1. The van der Waals surface area contributed by atoms with Gasteiger partial charge in [0.05, 0.1) is 29.5 Å². The Hall–Kier alpha value is -2.80. The normalized spacial score (nSPS) is 19.4. The van der Waals surface area contributed by atoms with Crippen LogP contribution in [0.1, 0.15) is 12.8 Å². The lowest BCUT2D eigenvalue weighted by Gasteiger charge is -2.42. The second-order valence-corrected chi connectivity index (χ2v) is 11.2. The number of sulfonamides is 2. The van der Waals surface area contributed by atoms with Crippen LogP contribution in [-0.2, 0) is 24.8 Å². The standard InChI is InChI=1S/C21H20N4O5S2/c1-22-17-7-3-5-9-19(17)31(26,27)24-13-11-21(12-14-24)25(15-16-30-21)32(28,29)20-10-6-4-8-18(20)23-2/h3-10H,11-16H2. The zero-order valence-corrected chi connectivity index (χ0v) is 18.6.